The lowest BCUT2D eigenvalue weighted by molar-refractivity contribution is 0.371. The predicted octanol–water partition coefficient (Wildman–Crippen LogP) is 3.09. The summed E-state index contributed by atoms with van der Waals surface area (Å²) in [7, 11) is 1.55. The van der Waals surface area contributed by atoms with Crippen LogP contribution in [0.25, 0.3) is 0 Å². The van der Waals surface area contributed by atoms with Crippen LogP contribution >= 0.6 is 15.9 Å². The van der Waals surface area contributed by atoms with Crippen LogP contribution in [-0.4, -0.2) is 24.3 Å². The first-order chi connectivity index (χ1) is 7.83. The third-order valence-corrected chi connectivity index (χ3v) is 2.98. The van der Waals surface area contributed by atoms with E-state index < -0.39 is 0 Å². The average Bonchev–Trinajstić information content (AvgIpc) is 2.21. The largest absolute Gasteiger partial charge is 0.503 e. The molecule has 0 saturated carbocycles. The number of nitrogens with one attached hydrogen (secondary N) is 1. The van der Waals surface area contributed by atoms with Crippen molar-refractivity contribution >= 4 is 15.9 Å². The van der Waals surface area contributed by atoms with E-state index in [1.807, 2.05) is 12.1 Å². The molecule has 2 N–H and O–H groups in total. The van der Waals surface area contributed by atoms with E-state index in [2.05, 4.69) is 42.0 Å². The second-order valence-corrected chi connectivity index (χ2v) is 5.91. The van der Waals surface area contributed by atoms with Crippen molar-refractivity contribution in [3.05, 3.63) is 22.2 Å². The summed E-state index contributed by atoms with van der Waals surface area (Å²) < 4.78 is 5.78. The van der Waals surface area contributed by atoms with Crippen molar-refractivity contribution in [1.29, 1.82) is 0 Å². The van der Waals surface area contributed by atoms with Crippen molar-refractivity contribution in [2.24, 2.45) is 0 Å². The maximum Gasteiger partial charge on any atom is 0.172 e. The molecule has 1 rings (SSSR count). The van der Waals surface area contributed by atoms with Gasteiger partial charge in [-0.15, -0.1) is 0 Å². The SMILES string of the molecule is COc1cc(CCNC(C)(C)C)cc(Br)c1O. The molecule has 0 atom stereocenters. The molecule has 0 aromatic heterocycles. The van der Waals surface area contributed by atoms with E-state index >= 15 is 0 Å². The third kappa shape index (κ3) is 4.56. The van der Waals surface area contributed by atoms with Crippen molar-refractivity contribution < 1.29 is 9.84 Å². The van der Waals surface area contributed by atoms with Crippen molar-refractivity contribution in [2.45, 2.75) is 32.7 Å². The Morgan fingerprint density at radius 1 is 1.35 bits per heavy atom. The Kier molecular flexibility index (Phi) is 4.83. The second kappa shape index (κ2) is 5.74. The number of halogens is 1. The van der Waals surface area contributed by atoms with Gasteiger partial charge in [0.25, 0.3) is 0 Å². The molecule has 0 aliphatic rings. The Morgan fingerprint density at radius 2 is 2.00 bits per heavy atom. The monoisotopic (exact) mass is 301 g/mol. The molecule has 96 valence electrons. The standard InChI is InChI=1S/C13H20BrNO2/c1-13(2,3)15-6-5-9-7-10(14)12(16)11(8-9)17-4/h7-8,15-16H,5-6H2,1-4H3. The lowest BCUT2D eigenvalue weighted by atomic mass is 10.1. The molecule has 1 aromatic rings. The molecule has 0 unspecified atom stereocenters. The molecule has 0 heterocycles. The zero-order chi connectivity index (χ0) is 13.1. The van der Waals surface area contributed by atoms with Gasteiger partial charge in [0.15, 0.2) is 11.5 Å². The molecular formula is C13H20BrNO2. The summed E-state index contributed by atoms with van der Waals surface area (Å²) in [6.45, 7) is 7.31. The van der Waals surface area contributed by atoms with E-state index in [0.717, 1.165) is 18.5 Å². The van der Waals surface area contributed by atoms with Crippen LogP contribution in [0.4, 0.5) is 0 Å². The van der Waals surface area contributed by atoms with Gasteiger partial charge in [-0.1, -0.05) is 0 Å². The smallest absolute Gasteiger partial charge is 0.172 e. The molecule has 0 aliphatic heterocycles. The van der Waals surface area contributed by atoms with E-state index in [1.165, 1.54) is 0 Å². The number of phenolic OH excluding ortho intramolecular Hbond substituents is 1. The second-order valence-electron chi connectivity index (χ2n) is 5.06. The number of rotatable bonds is 4. The topological polar surface area (TPSA) is 41.5 Å². The van der Waals surface area contributed by atoms with Crippen LogP contribution in [0.5, 0.6) is 11.5 Å². The molecule has 17 heavy (non-hydrogen) atoms. The molecule has 0 spiro atoms. The third-order valence-electron chi connectivity index (χ3n) is 2.38. The predicted molar refractivity (Wildman–Crippen MR) is 73.8 cm³/mol. The minimum Gasteiger partial charge on any atom is -0.503 e. The lowest BCUT2D eigenvalue weighted by Gasteiger charge is -2.20. The van der Waals surface area contributed by atoms with Gasteiger partial charge in [0.2, 0.25) is 0 Å². The Balaban J connectivity index is 2.69. The molecule has 0 aliphatic carbocycles. The van der Waals surface area contributed by atoms with Crippen molar-refractivity contribution in [2.75, 3.05) is 13.7 Å². The highest BCUT2D eigenvalue weighted by Crippen LogP contribution is 2.35. The number of phenols is 1. The zero-order valence-electron chi connectivity index (χ0n) is 10.8. The molecular weight excluding hydrogens is 282 g/mol. The highest BCUT2D eigenvalue weighted by molar-refractivity contribution is 9.10. The average molecular weight is 302 g/mol. The maximum atomic E-state index is 9.69. The Labute approximate surface area is 111 Å². The summed E-state index contributed by atoms with van der Waals surface area (Å²) in [6, 6.07) is 3.78. The molecule has 4 heteroatoms. The van der Waals surface area contributed by atoms with E-state index in [1.54, 1.807) is 7.11 Å². The molecule has 0 bridgehead atoms. The van der Waals surface area contributed by atoms with Crippen LogP contribution in [0.1, 0.15) is 26.3 Å². The Hall–Kier alpha value is -0.740. The Morgan fingerprint density at radius 3 is 2.53 bits per heavy atom. The summed E-state index contributed by atoms with van der Waals surface area (Å²) in [4.78, 5) is 0. The maximum absolute atomic E-state index is 9.69. The molecule has 0 fully saturated rings. The van der Waals surface area contributed by atoms with Crippen LogP contribution in [0, 0.1) is 0 Å². The van der Waals surface area contributed by atoms with Gasteiger partial charge < -0.3 is 15.2 Å². The normalized spacial score (nSPS) is 11.6. The van der Waals surface area contributed by atoms with Gasteiger partial charge in [0, 0.05) is 5.54 Å². The molecule has 3 nitrogen and oxygen atoms in total. The minimum absolute atomic E-state index is 0.123. The summed E-state index contributed by atoms with van der Waals surface area (Å²) in [5.41, 5.74) is 1.25. The fraction of sp³-hybridized carbons (Fsp3) is 0.538. The van der Waals surface area contributed by atoms with E-state index in [0.29, 0.717) is 10.2 Å². The van der Waals surface area contributed by atoms with Crippen LogP contribution in [0.15, 0.2) is 16.6 Å². The van der Waals surface area contributed by atoms with Crippen molar-refractivity contribution in [3.63, 3.8) is 0 Å². The first-order valence-corrected chi connectivity index (χ1v) is 6.43. The van der Waals surface area contributed by atoms with Crippen LogP contribution in [0.2, 0.25) is 0 Å². The van der Waals surface area contributed by atoms with Gasteiger partial charge in [-0.3, -0.25) is 0 Å². The van der Waals surface area contributed by atoms with Gasteiger partial charge in [-0.2, -0.15) is 0 Å². The number of ether oxygens (including phenoxy) is 1. The lowest BCUT2D eigenvalue weighted by Crippen LogP contribution is -2.37. The molecule has 0 amide bonds. The summed E-state index contributed by atoms with van der Waals surface area (Å²) >= 11 is 3.32. The first kappa shape index (κ1) is 14.3. The van der Waals surface area contributed by atoms with Gasteiger partial charge in [-0.05, 0) is 67.4 Å². The van der Waals surface area contributed by atoms with Gasteiger partial charge in [-0.25, -0.2) is 0 Å². The van der Waals surface area contributed by atoms with Crippen LogP contribution in [-0.2, 0) is 6.42 Å². The van der Waals surface area contributed by atoms with Gasteiger partial charge in [0.05, 0.1) is 11.6 Å². The number of hydrogen-bond acceptors (Lipinski definition) is 3. The van der Waals surface area contributed by atoms with Gasteiger partial charge in [0.1, 0.15) is 0 Å². The Bertz CT molecular complexity index is 386. The zero-order valence-corrected chi connectivity index (χ0v) is 12.4. The minimum atomic E-state index is 0.123. The fourth-order valence-corrected chi connectivity index (χ4v) is 2.00. The highest BCUT2D eigenvalue weighted by Gasteiger charge is 2.10. The highest BCUT2D eigenvalue weighted by atomic mass is 79.9. The van der Waals surface area contributed by atoms with E-state index in [-0.39, 0.29) is 11.3 Å². The van der Waals surface area contributed by atoms with E-state index in [4.69, 9.17) is 4.74 Å². The quantitative estimate of drug-likeness (QED) is 0.898. The molecule has 0 saturated heterocycles. The molecule has 0 radical (unpaired) electrons. The number of benzene rings is 1. The van der Waals surface area contributed by atoms with E-state index in [9.17, 15) is 5.11 Å². The van der Waals surface area contributed by atoms with Gasteiger partial charge >= 0.3 is 0 Å². The summed E-state index contributed by atoms with van der Waals surface area (Å²) in [5.74, 6) is 0.658. The summed E-state index contributed by atoms with van der Waals surface area (Å²) in [6.07, 6.45) is 0.895. The summed E-state index contributed by atoms with van der Waals surface area (Å²) in [5, 5.41) is 13.1. The van der Waals surface area contributed by atoms with Crippen molar-refractivity contribution in [1.82, 2.24) is 5.32 Å². The van der Waals surface area contributed by atoms with Crippen LogP contribution in [0.3, 0.4) is 0 Å². The number of hydrogen-bond donors (Lipinski definition) is 2. The van der Waals surface area contributed by atoms with Crippen molar-refractivity contribution in [3.8, 4) is 11.5 Å². The fourth-order valence-electron chi connectivity index (χ4n) is 1.51. The number of aromatic hydroxyl groups is 1. The first-order valence-electron chi connectivity index (χ1n) is 5.64. The molecule has 1 aromatic carbocycles. The van der Waals surface area contributed by atoms with Crippen LogP contribution < -0.4 is 10.1 Å². The number of methoxy groups -OCH3 is 1.